The lowest BCUT2D eigenvalue weighted by atomic mass is 10.0. The van der Waals surface area contributed by atoms with E-state index in [9.17, 15) is 18.3 Å². The van der Waals surface area contributed by atoms with E-state index < -0.39 is 16.1 Å². The molecule has 2 aromatic carbocycles. The second-order valence-corrected chi connectivity index (χ2v) is 14.0. The van der Waals surface area contributed by atoms with Crippen LogP contribution in [0.4, 0.5) is 5.69 Å². The van der Waals surface area contributed by atoms with Crippen LogP contribution in [0.3, 0.4) is 0 Å². The molecule has 0 spiro atoms. The van der Waals surface area contributed by atoms with E-state index in [1.807, 2.05) is 26.1 Å². The molecule has 0 bridgehead atoms. The summed E-state index contributed by atoms with van der Waals surface area (Å²) in [5.74, 6) is 0.440. The lowest BCUT2D eigenvalue weighted by molar-refractivity contribution is -0.0177. The number of anilines is 1. The van der Waals surface area contributed by atoms with E-state index in [4.69, 9.17) is 14.2 Å². The predicted octanol–water partition coefficient (Wildman–Crippen LogP) is 4.82. The second kappa shape index (κ2) is 16.9. The zero-order valence-corrected chi connectivity index (χ0v) is 28.8. The highest BCUT2D eigenvalue weighted by Gasteiger charge is 2.30. The average Bonchev–Trinajstić information content (AvgIpc) is 3.06. The summed E-state index contributed by atoms with van der Waals surface area (Å²) in [5, 5.41) is 10.2. The molecule has 2 N–H and O–H groups in total. The summed E-state index contributed by atoms with van der Waals surface area (Å²) in [6, 6.07) is 14.2. The molecular formula is C35H48N4O7S. The molecule has 256 valence electrons. The van der Waals surface area contributed by atoms with Gasteiger partial charge < -0.3 is 24.2 Å². The van der Waals surface area contributed by atoms with Gasteiger partial charge in [-0.1, -0.05) is 6.92 Å². The zero-order valence-electron chi connectivity index (χ0n) is 28.0. The topological polar surface area (TPSA) is 131 Å². The molecule has 0 fully saturated rings. The summed E-state index contributed by atoms with van der Waals surface area (Å²) < 4.78 is 47.0. The van der Waals surface area contributed by atoms with Crippen molar-refractivity contribution in [3.8, 4) is 11.5 Å². The number of carbonyl (C=O) groups excluding carboxylic acids is 1. The van der Waals surface area contributed by atoms with Crippen molar-refractivity contribution in [1.29, 1.82) is 0 Å². The SMILES string of the molecule is COc1ccc(S(=O)(=O)Nc2ccc3c(c2)C(=O)N([C@H](C)CO)C[C@@H](C)[C@H](CN(C)Cc2ccncc2)OCCCC[C@@H](C)O3)cc1. The van der Waals surface area contributed by atoms with Gasteiger partial charge in [-0.2, -0.15) is 0 Å². The Labute approximate surface area is 278 Å². The van der Waals surface area contributed by atoms with E-state index in [0.717, 1.165) is 31.4 Å². The van der Waals surface area contributed by atoms with Crippen LogP contribution in [-0.2, 0) is 21.3 Å². The van der Waals surface area contributed by atoms with Gasteiger partial charge in [-0.3, -0.25) is 19.4 Å². The first-order valence-electron chi connectivity index (χ1n) is 16.1. The molecule has 0 radical (unpaired) electrons. The van der Waals surface area contributed by atoms with Crippen molar-refractivity contribution >= 4 is 21.6 Å². The van der Waals surface area contributed by atoms with E-state index in [-0.39, 0.29) is 46.8 Å². The number of carbonyl (C=O) groups is 1. The Hall–Kier alpha value is -3.71. The van der Waals surface area contributed by atoms with E-state index >= 15 is 0 Å². The van der Waals surface area contributed by atoms with Crippen LogP contribution in [0.25, 0.3) is 0 Å². The fourth-order valence-electron chi connectivity index (χ4n) is 5.59. The highest BCUT2D eigenvalue weighted by Crippen LogP contribution is 2.30. The molecule has 47 heavy (non-hydrogen) atoms. The molecule has 2 heterocycles. The van der Waals surface area contributed by atoms with Crippen LogP contribution in [0.1, 0.15) is 56.0 Å². The summed E-state index contributed by atoms with van der Waals surface area (Å²) >= 11 is 0. The van der Waals surface area contributed by atoms with Gasteiger partial charge in [0.1, 0.15) is 11.5 Å². The molecule has 1 aliphatic heterocycles. The number of aliphatic hydroxyl groups excluding tert-OH is 1. The third kappa shape index (κ3) is 10.1. The molecule has 0 unspecified atom stereocenters. The fourth-order valence-corrected chi connectivity index (χ4v) is 6.64. The molecule has 1 amide bonds. The lowest BCUT2D eigenvalue weighted by Gasteiger charge is -2.36. The average molecular weight is 669 g/mol. The van der Waals surface area contributed by atoms with Crippen molar-refractivity contribution in [2.45, 2.75) is 69.7 Å². The quantitative estimate of drug-likeness (QED) is 0.312. The van der Waals surface area contributed by atoms with E-state index in [1.165, 1.54) is 25.3 Å². The van der Waals surface area contributed by atoms with Crippen LogP contribution in [0, 0.1) is 5.92 Å². The summed E-state index contributed by atoms with van der Waals surface area (Å²) in [6.45, 7) is 7.82. The van der Waals surface area contributed by atoms with E-state index in [0.29, 0.717) is 31.2 Å². The number of sulfonamides is 1. The molecule has 4 rings (SSSR count). The number of hydrogen-bond acceptors (Lipinski definition) is 9. The lowest BCUT2D eigenvalue weighted by Crippen LogP contribution is -2.47. The van der Waals surface area contributed by atoms with Crippen molar-refractivity contribution in [1.82, 2.24) is 14.8 Å². The minimum absolute atomic E-state index is 0.0545. The van der Waals surface area contributed by atoms with Crippen molar-refractivity contribution in [3.05, 3.63) is 78.1 Å². The Balaban J connectivity index is 1.64. The second-order valence-electron chi connectivity index (χ2n) is 12.3. The summed E-state index contributed by atoms with van der Waals surface area (Å²) in [4.78, 5) is 22.4. The van der Waals surface area contributed by atoms with Gasteiger partial charge in [0.05, 0.1) is 42.4 Å². The maximum atomic E-state index is 14.4. The largest absolute Gasteiger partial charge is 0.497 e. The number of aromatic nitrogens is 1. The van der Waals surface area contributed by atoms with Gasteiger partial charge in [0.15, 0.2) is 0 Å². The molecule has 0 saturated carbocycles. The van der Waals surface area contributed by atoms with Crippen LogP contribution in [0.5, 0.6) is 11.5 Å². The summed E-state index contributed by atoms with van der Waals surface area (Å²) in [5.41, 5.74) is 1.57. The minimum atomic E-state index is -3.96. The number of pyridine rings is 1. The Morgan fingerprint density at radius 2 is 1.83 bits per heavy atom. The number of benzene rings is 2. The standard InChI is InChI=1S/C35H48N4O7S/c1-25-21-39(26(2)24-40)35(41)32-20-29(37-47(42,43)31-12-10-30(44-5)11-13-31)9-14-33(32)46-27(3)8-6-7-19-45-34(25)23-38(4)22-28-15-17-36-18-16-28/h9-18,20,25-27,34,37,40H,6-8,19,21-24H2,1-5H3/t25-,26-,27-,34+/m1/s1. The van der Waals surface area contributed by atoms with Crippen LogP contribution >= 0.6 is 0 Å². The maximum Gasteiger partial charge on any atom is 0.261 e. The van der Waals surface area contributed by atoms with Crippen LogP contribution < -0.4 is 14.2 Å². The van der Waals surface area contributed by atoms with Crippen molar-refractivity contribution in [3.63, 3.8) is 0 Å². The molecule has 0 saturated heterocycles. The van der Waals surface area contributed by atoms with Gasteiger partial charge >= 0.3 is 0 Å². The number of amides is 1. The number of likely N-dealkylation sites (N-methyl/N-ethyl adjacent to an activating group) is 1. The van der Waals surface area contributed by atoms with E-state index in [2.05, 4.69) is 21.5 Å². The first-order valence-corrected chi connectivity index (χ1v) is 17.6. The number of rotatable bonds is 10. The first-order chi connectivity index (χ1) is 22.5. The van der Waals surface area contributed by atoms with Crippen LogP contribution in [0.2, 0.25) is 0 Å². The smallest absolute Gasteiger partial charge is 0.261 e. The number of aliphatic hydroxyl groups is 1. The molecule has 3 aromatic rings. The van der Waals surface area contributed by atoms with Gasteiger partial charge in [-0.05, 0) is 100 Å². The number of hydrogen-bond donors (Lipinski definition) is 2. The normalized spacial score (nSPS) is 20.5. The van der Waals surface area contributed by atoms with Crippen molar-refractivity contribution in [2.75, 3.05) is 45.2 Å². The van der Waals surface area contributed by atoms with Gasteiger partial charge in [-0.25, -0.2) is 8.42 Å². The third-order valence-corrected chi connectivity index (χ3v) is 9.76. The number of nitrogens with zero attached hydrogens (tertiary/aromatic N) is 3. The Morgan fingerprint density at radius 1 is 1.11 bits per heavy atom. The molecule has 0 aliphatic carbocycles. The molecule has 12 heteroatoms. The zero-order chi connectivity index (χ0) is 34.0. The highest BCUT2D eigenvalue weighted by molar-refractivity contribution is 7.92. The minimum Gasteiger partial charge on any atom is -0.497 e. The summed E-state index contributed by atoms with van der Waals surface area (Å²) in [6.07, 6.45) is 5.68. The van der Waals surface area contributed by atoms with E-state index in [1.54, 1.807) is 48.5 Å². The molecule has 11 nitrogen and oxygen atoms in total. The Kier molecular flexibility index (Phi) is 13.0. The number of ether oxygens (including phenoxy) is 3. The monoisotopic (exact) mass is 668 g/mol. The van der Waals surface area contributed by atoms with Gasteiger partial charge in [-0.15, -0.1) is 0 Å². The summed E-state index contributed by atoms with van der Waals surface area (Å²) in [7, 11) is -0.408. The molecular weight excluding hydrogens is 620 g/mol. The van der Waals surface area contributed by atoms with Crippen molar-refractivity contribution < 1.29 is 32.5 Å². The number of fused-ring (bicyclic) bond motifs is 1. The molecule has 4 atom stereocenters. The Morgan fingerprint density at radius 3 is 2.51 bits per heavy atom. The van der Waals surface area contributed by atoms with Gasteiger partial charge in [0, 0.05) is 50.2 Å². The highest BCUT2D eigenvalue weighted by atomic mass is 32.2. The molecule has 1 aromatic heterocycles. The fraction of sp³-hybridized carbons (Fsp3) is 0.486. The predicted molar refractivity (Wildman–Crippen MR) is 181 cm³/mol. The third-order valence-electron chi connectivity index (χ3n) is 8.37. The van der Waals surface area contributed by atoms with Gasteiger partial charge in [0.2, 0.25) is 0 Å². The van der Waals surface area contributed by atoms with Crippen LogP contribution in [0.15, 0.2) is 71.9 Å². The maximum absolute atomic E-state index is 14.4. The molecule has 1 aliphatic rings. The first kappa shape index (κ1) is 36.1. The number of methoxy groups -OCH3 is 1. The van der Waals surface area contributed by atoms with Gasteiger partial charge in [0.25, 0.3) is 15.9 Å². The number of nitrogens with one attached hydrogen (secondary N) is 1. The van der Waals surface area contributed by atoms with Crippen molar-refractivity contribution in [2.24, 2.45) is 5.92 Å². The Bertz CT molecular complexity index is 1540. The van der Waals surface area contributed by atoms with Crippen LogP contribution in [-0.4, -0.2) is 92.9 Å².